The number of amides is 2. The molecule has 1 unspecified atom stereocenters. The summed E-state index contributed by atoms with van der Waals surface area (Å²) in [5, 5.41) is 2.98. The lowest BCUT2D eigenvalue weighted by Gasteiger charge is -2.15. The highest BCUT2D eigenvalue weighted by Gasteiger charge is 2.60. The van der Waals surface area contributed by atoms with E-state index in [0.29, 0.717) is 16.5 Å². The van der Waals surface area contributed by atoms with Gasteiger partial charge in [-0.15, -0.1) is 0 Å². The van der Waals surface area contributed by atoms with Crippen LogP contribution in [0.5, 0.6) is 0 Å². The average Bonchev–Trinajstić information content (AvgIpc) is 3.14. The third-order valence-electron chi connectivity index (χ3n) is 3.50. The van der Waals surface area contributed by atoms with Gasteiger partial charge in [0, 0.05) is 5.33 Å². The number of rotatable bonds is 3. The SMILES string of the molecule is COC(=O)[C@@H]1[C@H](CBr)N1N1C(=O)c2ccccc2C1=O. The van der Waals surface area contributed by atoms with Gasteiger partial charge in [-0.3, -0.25) is 14.4 Å². The summed E-state index contributed by atoms with van der Waals surface area (Å²) in [5.41, 5.74) is 0.725. The fraction of sp³-hybridized carbons (Fsp3) is 0.308. The molecule has 1 aromatic rings. The van der Waals surface area contributed by atoms with Crippen molar-refractivity contribution >= 4 is 33.7 Å². The van der Waals surface area contributed by atoms with Crippen LogP contribution in [0.3, 0.4) is 0 Å². The van der Waals surface area contributed by atoms with Gasteiger partial charge in [-0.1, -0.05) is 28.1 Å². The van der Waals surface area contributed by atoms with E-state index >= 15 is 0 Å². The molecule has 0 radical (unpaired) electrons. The van der Waals surface area contributed by atoms with E-state index < -0.39 is 23.8 Å². The number of methoxy groups -OCH3 is 1. The zero-order valence-electron chi connectivity index (χ0n) is 10.6. The molecule has 20 heavy (non-hydrogen) atoms. The lowest BCUT2D eigenvalue weighted by molar-refractivity contribution is -0.141. The number of fused-ring (bicyclic) bond motifs is 1. The fourth-order valence-corrected chi connectivity index (χ4v) is 3.12. The molecule has 6 nitrogen and oxygen atoms in total. The second kappa shape index (κ2) is 4.68. The van der Waals surface area contributed by atoms with Crippen LogP contribution in [0, 0.1) is 0 Å². The normalized spacial score (nSPS) is 27.5. The first-order valence-corrected chi connectivity index (χ1v) is 7.13. The van der Waals surface area contributed by atoms with Gasteiger partial charge in [-0.05, 0) is 12.1 Å². The summed E-state index contributed by atoms with van der Waals surface area (Å²) in [6, 6.07) is 5.78. The van der Waals surface area contributed by atoms with Gasteiger partial charge in [-0.25, -0.2) is 5.01 Å². The van der Waals surface area contributed by atoms with Gasteiger partial charge in [0.15, 0.2) is 0 Å². The number of hydrogen-bond donors (Lipinski definition) is 0. The van der Waals surface area contributed by atoms with Crippen molar-refractivity contribution in [2.75, 3.05) is 12.4 Å². The molecule has 0 saturated carbocycles. The zero-order chi connectivity index (χ0) is 14.4. The first-order valence-electron chi connectivity index (χ1n) is 6.01. The van der Waals surface area contributed by atoms with Crippen LogP contribution in [-0.4, -0.2) is 52.3 Å². The maximum Gasteiger partial charge on any atom is 0.326 e. The minimum absolute atomic E-state index is 0.246. The van der Waals surface area contributed by atoms with Crippen LogP contribution in [-0.2, 0) is 9.53 Å². The molecule has 0 bridgehead atoms. The third-order valence-corrected chi connectivity index (χ3v) is 4.17. The Hall–Kier alpha value is -1.73. The Labute approximate surface area is 123 Å². The fourth-order valence-electron chi connectivity index (χ4n) is 2.47. The number of hydrazine groups is 1. The maximum atomic E-state index is 12.3. The Kier molecular flexibility index (Phi) is 3.10. The van der Waals surface area contributed by atoms with Crippen molar-refractivity contribution in [2.24, 2.45) is 0 Å². The molecule has 0 N–H and O–H groups in total. The van der Waals surface area contributed by atoms with E-state index in [1.54, 1.807) is 24.3 Å². The van der Waals surface area contributed by atoms with E-state index in [9.17, 15) is 14.4 Å². The second-order valence-corrected chi connectivity index (χ2v) is 5.18. The zero-order valence-corrected chi connectivity index (χ0v) is 12.2. The number of hydrogen-bond acceptors (Lipinski definition) is 5. The van der Waals surface area contributed by atoms with E-state index in [-0.39, 0.29) is 6.04 Å². The predicted molar refractivity (Wildman–Crippen MR) is 72.2 cm³/mol. The highest BCUT2D eigenvalue weighted by molar-refractivity contribution is 9.09. The van der Waals surface area contributed by atoms with Crippen molar-refractivity contribution < 1.29 is 19.1 Å². The van der Waals surface area contributed by atoms with Crippen LogP contribution in [0.1, 0.15) is 20.7 Å². The minimum atomic E-state index is -0.596. The van der Waals surface area contributed by atoms with E-state index in [2.05, 4.69) is 15.9 Å². The number of benzene rings is 1. The first kappa shape index (κ1) is 13.3. The van der Waals surface area contributed by atoms with Crippen LogP contribution >= 0.6 is 15.9 Å². The summed E-state index contributed by atoms with van der Waals surface area (Å²) in [6.45, 7) is 0. The maximum absolute atomic E-state index is 12.3. The molecule has 1 aromatic carbocycles. The molecule has 104 valence electrons. The van der Waals surface area contributed by atoms with Gasteiger partial charge in [0.1, 0.15) is 6.04 Å². The van der Waals surface area contributed by atoms with Crippen LogP contribution in [0.4, 0.5) is 0 Å². The monoisotopic (exact) mass is 338 g/mol. The first-order chi connectivity index (χ1) is 9.61. The number of halogens is 1. The molecule has 0 spiro atoms. The van der Waals surface area contributed by atoms with Crippen LogP contribution < -0.4 is 0 Å². The number of carbonyl (C=O) groups is 3. The molecular weight excluding hydrogens is 328 g/mol. The molecule has 0 aliphatic carbocycles. The quantitative estimate of drug-likeness (QED) is 0.353. The van der Waals surface area contributed by atoms with Crippen molar-refractivity contribution in [2.45, 2.75) is 12.1 Å². The number of carbonyl (C=O) groups excluding carboxylic acids is 3. The summed E-state index contributed by atoms with van der Waals surface area (Å²) in [5.74, 6) is -1.25. The van der Waals surface area contributed by atoms with E-state index in [1.165, 1.54) is 12.1 Å². The smallest absolute Gasteiger partial charge is 0.326 e. The van der Waals surface area contributed by atoms with Gasteiger partial charge >= 0.3 is 5.97 Å². The summed E-state index contributed by atoms with van der Waals surface area (Å²) in [7, 11) is 1.28. The molecule has 3 rings (SSSR count). The summed E-state index contributed by atoms with van der Waals surface area (Å²) in [4.78, 5) is 36.3. The summed E-state index contributed by atoms with van der Waals surface area (Å²) in [6.07, 6.45) is 0. The third kappa shape index (κ3) is 1.70. The molecule has 0 aromatic heterocycles. The highest BCUT2D eigenvalue weighted by atomic mass is 79.9. The second-order valence-electron chi connectivity index (χ2n) is 4.54. The van der Waals surface area contributed by atoms with Crippen molar-refractivity contribution in [1.29, 1.82) is 0 Å². The van der Waals surface area contributed by atoms with Crippen molar-refractivity contribution in [3.8, 4) is 0 Å². The Morgan fingerprint density at radius 3 is 2.25 bits per heavy atom. The molecule has 2 heterocycles. The molecular formula is C13H11BrN2O4. The van der Waals surface area contributed by atoms with Gasteiger partial charge in [0.2, 0.25) is 0 Å². The van der Waals surface area contributed by atoms with E-state index in [4.69, 9.17) is 4.74 Å². The number of imide groups is 1. The number of alkyl halides is 1. The summed E-state index contributed by atoms with van der Waals surface area (Å²) < 4.78 is 4.69. The average molecular weight is 339 g/mol. The minimum Gasteiger partial charge on any atom is -0.468 e. The van der Waals surface area contributed by atoms with Crippen molar-refractivity contribution in [3.05, 3.63) is 35.4 Å². The van der Waals surface area contributed by atoms with Crippen LogP contribution in [0.15, 0.2) is 24.3 Å². The Balaban J connectivity index is 1.92. The molecule has 1 saturated heterocycles. The Bertz CT molecular complexity index is 583. The number of esters is 1. The molecule has 2 aliphatic heterocycles. The predicted octanol–water partition coefficient (Wildman–Crippen LogP) is 0.818. The molecule has 7 heteroatoms. The Morgan fingerprint density at radius 2 is 1.80 bits per heavy atom. The lowest BCUT2D eigenvalue weighted by Crippen LogP contribution is -2.38. The number of ether oxygens (including phenoxy) is 1. The lowest BCUT2D eigenvalue weighted by atomic mass is 10.1. The van der Waals surface area contributed by atoms with Crippen LogP contribution in [0.25, 0.3) is 0 Å². The number of nitrogens with zero attached hydrogens (tertiary/aromatic N) is 2. The molecule has 3 atom stereocenters. The van der Waals surface area contributed by atoms with E-state index in [0.717, 1.165) is 5.01 Å². The van der Waals surface area contributed by atoms with E-state index in [1.807, 2.05) is 0 Å². The Morgan fingerprint density at radius 1 is 1.25 bits per heavy atom. The van der Waals surface area contributed by atoms with Gasteiger partial charge in [0.05, 0.1) is 24.3 Å². The highest BCUT2D eigenvalue weighted by Crippen LogP contribution is 2.37. The van der Waals surface area contributed by atoms with Gasteiger partial charge in [-0.2, -0.15) is 5.01 Å². The summed E-state index contributed by atoms with van der Waals surface area (Å²) >= 11 is 3.28. The van der Waals surface area contributed by atoms with Crippen molar-refractivity contribution in [1.82, 2.24) is 10.0 Å². The van der Waals surface area contributed by atoms with Gasteiger partial charge in [0.25, 0.3) is 11.8 Å². The standard InChI is InChI=1S/C13H11BrN2O4/c1-20-13(19)10-9(6-14)15(10)16-11(17)7-4-2-3-5-8(7)12(16)18/h2-5,9-10H,6H2,1H3/t9-,10-,15?/m0/s1. The van der Waals surface area contributed by atoms with Crippen LogP contribution in [0.2, 0.25) is 0 Å². The van der Waals surface area contributed by atoms with Gasteiger partial charge < -0.3 is 4.74 Å². The topological polar surface area (TPSA) is 66.7 Å². The van der Waals surface area contributed by atoms with Crippen molar-refractivity contribution in [3.63, 3.8) is 0 Å². The molecule has 1 fully saturated rings. The molecule has 2 aliphatic rings. The molecule has 2 amide bonds. The largest absolute Gasteiger partial charge is 0.468 e.